The molecule has 0 bridgehead atoms. The third-order valence-electron chi connectivity index (χ3n) is 3.04. The zero-order valence-electron chi connectivity index (χ0n) is 9.37. The van der Waals surface area contributed by atoms with Crippen LogP contribution < -0.4 is 5.32 Å². The van der Waals surface area contributed by atoms with Crippen molar-refractivity contribution in [3.8, 4) is 0 Å². The van der Waals surface area contributed by atoms with Crippen molar-refractivity contribution in [3.05, 3.63) is 28.4 Å². The van der Waals surface area contributed by atoms with E-state index in [0.29, 0.717) is 18.3 Å². The molecule has 0 spiro atoms. The topological polar surface area (TPSA) is 88.3 Å². The van der Waals surface area contributed by atoms with E-state index in [9.17, 15) is 15.2 Å². The van der Waals surface area contributed by atoms with Crippen molar-refractivity contribution in [2.24, 2.45) is 5.92 Å². The van der Waals surface area contributed by atoms with Gasteiger partial charge in [0.2, 0.25) is 0 Å². The number of pyridine rings is 1. The highest BCUT2D eigenvalue weighted by molar-refractivity contribution is 5.44. The maximum absolute atomic E-state index is 10.6. The summed E-state index contributed by atoms with van der Waals surface area (Å²) in [6, 6.07) is 2.79. The Bertz CT molecular complexity index is 411. The zero-order valence-corrected chi connectivity index (χ0v) is 9.37. The first-order valence-corrected chi connectivity index (χ1v) is 5.67. The summed E-state index contributed by atoms with van der Waals surface area (Å²) >= 11 is 0. The summed E-state index contributed by atoms with van der Waals surface area (Å²) in [6.45, 7) is 0.700. The molecular formula is C11H15N3O3. The fourth-order valence-corrected chi connectivity index (χ4v) is 2.11. The number of anilines is 1. The van der Waals surface area contributed by atoms with Gasteiger partial charge in [0, 0.05) is 18.8 Å². The van der Waals surface area contributed by atoms with Gasteiger partial charge in [0.15, 0.2) is 0 Å². The minimum Gasteiger partial charge on any atom is -0.393 e. The van der Waals surface area contributed by atoms with Gasteiger partial charge in [-0.05, 0) is 25.2 Å². The highest BCUT2D eigenvalue weighted by Gasteiger charge is 2.22. The molecule has 0 aliphatic heterocycles. The number of aliphatic hydroxyl groups is 1. The van der Waals surface area contributed by atoms with Crippen molar-refractivity contribution < 1.29 is 10.0 Å². The zero-order chi connectivity index (χ0) is 12.3. The van der Waals surface area contributed by atoms with Crippen molar-refractivity contribution in [1.82, 2.24) is 4.98 Å². The number of hydrogen-bond acceptors (Lipinski definition) is 5. The Kier molecular flexibility index (Phi) is 3.53. The minimum atomic E-state index is -0.438. The lowest BCUT2D eigenvalue weighted by Crippen LogP contribution is -2.13. The largest absolute Gasteiger partial charge is 0.393 e. The molecule has 1 fully saturated rings. The Labute approximate surface area is 98.8 Å². The molecule has 2 N–H and O–H groups in total. The van der Waals surface area contributed by atoms with E-state index in [1.807, 2.05) is 0 Å². The summed E-state index contributed by atoms with van der Waals surface area (Å²) in [5, 5.41) is 23.0. The summed E-state index contributed by atoms with van der Waals surface area (Å²) in [7, 11) is 0. The first-order valence-electron chi connectivity index (χ1n) is 5.67. The van der Waals surface area contributed by atoms with Gasteiger partial charge in [0.05, 0.1) is 17.1 Å². The van der Waals surface area contributed by atoms with Crippen LogP contribution in [0.5, 0.6) is 0 Å². The lowest BCUT2D eigenvalue weighted by molar-refractivity contribution is -0.384. The number of aromatic nitrogens is 1. The Balaban J connectivity index is 1.90. The number of nitrogens with zero attached hydrogens (tertiary/aromatic N) is 2. The third kappa shape index (κ3) is 3.13. The van der Waals surface area contributed by atoms with E-state index in [4.69, 9.17) is 0 Å². The number of nitro groups is 1. The van der Waals surface area contributed by atoms with Crippen molar-refractivity contribution in [2.75, 3.05) is 11.9 Å². The van der Waals surface area contributed by atoms with Gasteiger partial charge >= 0.3 is 0 Å². The molecule has 6 heteroatoms. The highest BCUT2D eigenvalue weighted by Crippen LogP contribution is 2.25. The Morgan fingerprint density at radius 2 is 2.41 bits per heavy atom. The molecule has 2 atom stereocenters. The average molecular weight is 237 g/mol. The summed E-state index contributed by atoms with van der Waals surface area (Å²) in [5.41, 5.74) is 0.0361. The quantitative estimate of drug-likeness (QED) is 0.612. The molecule has 0 aromatic carbocycles. The van der Waals surface area contributed by atoms with E-state index < -0.39 is 4.92 Å². The molecule has 0 saturated heterocycles. The molecule has 1 saturated carbocycles. The first kappa shape index (κ1) is 11.8. The van der Waals surface area contributed by atoms with Gasteiger partial charge in [-0.1, -0.05) is 0 Å². The van der Waals surface area contributed by atoms with Crippen LogP contribution in [0, 0.1) is 16.0 Å². The first-order chi connectivity index (χ1) is 8.15. The van der Waals surface area contributed by atoms with Gasteiger partial charge in [-0.25, -0.2) is 4.98 Å². The minimum absolute atomic E-state index is 0.0361. The standard InChI is InChI=1S/C11H15N3O3/c15-10-2-1-8(5-10)7-13-11-6-9(14(16)17)3-4-12-11/h3-4,6,8,10,15H,1-2,5,7H2,(H,12,13). The second-order valence-electron chi connectivity index (χ2n) is 4.37. The Morgan fingerprint density at radius 3 is 3.06 bits per heavy atom. The van der Waals surface area contributed by atoms with Crippen molar-refractivity contribution in [3.63, 3.8) is 0 Å². The van der Waals surface area contributed by atoms with Crippen molar-refractivity contribution in [1.29, 1.82) is 0 Å². The second kappa shape index (κ2) is 5.09. The average Bonchev–Trinajstić information content (AvgIpc) is 2.73. The van der Waals surface area contributed by atoms with Crippen LogP contribution in [-0.4, -0.2) is 27.7 Å². The van der Waals surface area contributed by atoms with Crippen LogP contribution in [0.3, 0.4) is 0 Å². The van der Waals surface area contributed by atoms with Crippen LogP contribution in [0.4, 0.5) is 11.5 Å². The molecule has 1 aromatic heterocycles. The van der Waals surface area contributed by atoms with Gasteiger partial charge in [0.25, 0.3) is 5.69 Å². The smallest absolute Gasteiger partial charge is 0.274 e. The molecule has 0 radical (unpaired) electrons. The SMILES string of the molecule is O=[N+]([O-])c1ccnc(NCC2CCC(O)C2)c1. The molecule has 17 heavy (non-hydrogen) atoms. The van der Waals surface area contributed by atoms with Crippen molar-refractivity contribution >= 4 is 11.5 Å². The molecule has 1 heterocycles. The Morgan fingerprint density at radius 1 is 1.59 bits per heavy atom. The summed E-state index contributed by atoms with van der Waals surface area (Å²) in [4.78, 5) is 14.2. The maximum atomic E-state index is 10.6. The van der Waals surface area contributed by atoms with Gasteiger partial charge in [-0.2, -0.15) is 0 Å². The van der Waals surface area contributed by atoms with Crippen LogP contribution in [0.1, 0.15) is 19.3 Å². The lowest BCUT2D eigenvalue weighted by atomic mass is 10.1. The number of hydrogen-bond donors (Lipinski definition) is 2. The summed E-state index contributed by atoms with van der Waals surface area (Å²) in [5.74, 6) is 0.937. The van der Waals surface area contributed by atoms with Gasteiger partial charge < -0.3 is 10.4 Å². The lowest BCUT2D eigenvalue weighted by Gasteiger charge is -2.10. The fourth-order valence-electron chi connectivity index (χ4n) is 2.11. The fraction of sp³-hybridized carbons (Fsp3) is 0.545. The van der Waals surface area contributed by atoms with Crippen LogP contribution in [0.25, 0.3) is 0 Å². The molecule has 2 unspecified atom stereocenters. The summed E-state index contributed by atoms with van der Waals surface area (Å²) in [6.07, 6.45) is 3.85. The molecule has 92 valence electrons. The van der Waals surface area contributed by atoms with Crippen LogP contribution in [0.2, 0.25) is 0 Å². The van der Waals surface area contributed by atoms with Crippen LogP contribution in [0.15, 0.2) is 18.3 Å². The number of aliphatic hydroxyl groups excluding tert-OH is 1. The molecule has 0 amide bonds. The number of nitrogens with one attached hydrogen (secondary N) is 1. The number of rotatable bonds is 4. The molecule has 1 aromatic rings. The maximum Gasteiger partial charge on any atom is 0.274 e. The van der Waals surface area contributed by atoms with Gasteiger partial charge in [-0.15, -0.1) is 0 Å². The molecule has 2 rings (SSSR count). The van der Waals surface area contributed by atoms with Gasteiger partial charge in [0.1, 0.15) is 5.82 Å². The predicted octanol–water partition coefficient (Wildman–Crippen LogP) is 1.56. The van der Waals surface area contributed by atoms with Gasteiger partial charge in [-0.3, -0.25) is 10.1 Å². The van der Waals surface area contributed by atoms with E-state index in [0.717, 1.165) is 19.3 Å². The highest BCUT2D eigenvalue weighted by atomic mass is 16.6. The van der Waals surface area contributed by atoms with E-state index in [1.54, 1.807) is 0 Å². The third-order valence-corrected chi connectivity index (χ3v) is 3.04. The predicted molar refractivity (Wildman–Crippen MR) is 62.7 cm³/mol. The molecule has 1 aliphatic carbocycles. The molecule has 6 nitrogen and oxygen atoms in total. The van der Waals surface area contributed by atoms with E-state index in [2.05, 4.69) is 10.3 Å². The monoisotopic (exact) mass is 237 g/mol. The van der Waals surface area contributed by atoms with E-state index >= 15 is 0 Å². The Hall–Kier alpha value is -1.69. The van der Waals surface area contributed by atoms with E-state index in [-0.39, 0.29) is 11.8 Å². The second-order valence-corrected chi connectivity index (χ2v) is 4.37. The molecule has 1 aliphatic rings. The van der Waals surface area contributed by atoms with Crippen molar-refractivity contribution in [2.45, 2.75) is 25.4 Å². The normalized spacial score (nSPS) is 23.6. The van der Waals surface area contributed by atoms with Crippen LogP contribution in [-0.2, 0) is 0 Å². The van der Waals surface area contributed by atoms with E-state index in [1.165, 1.54) is 18.3 Å². The van der Waals surface area contributed by atoms with Crippen LogP contribution >= 0.6 is 0 Å². The molecular weight excluding hydrogens is 222 g/mol. The summed E-state index contributed by atoms with van der Waals surface area (Å²) < 4.78 is 0.